The van der Waals surface area contributed by atoms with Gasteiger partial charge in [-0.2, -0.15) is 0 Å². The number of nitrogens with two attached hydrogens (primary N) is 1. The van der Waals surface area contributed by atoms with Gasteiger partial charge in [-0.25, -0.2) is 0 Å². The van der Waals surface area contributed by atoms with Crippen molar-refractivity contribution in [1.29, 1.82) is 0 Å². The molecule has 0 bridgehead atoms. The molecule has 1 aliphatic rings. The van der Waals surface area contributed by atoms with E-state index < -0.39 is 0 Å². The van der Waals surface area contributed by atoms with Gasteiger partial charge < -0.3 is 5.73 Å². The predicted molar refractivity (Wildman–Crippen MR) is 40.6 cm³/mol. The van der Waals surface area contributed by atoms with Gasteiger partial charge in [-0.05, 0) is 12.3 Å². The van der Waals surface area contributed by atoms with Gasteiger partial charge in [-0.15, -0.1) is 0 Å². The SMILES string of the molecule is CCC(=O)[C@@H](N)CC1CC1. The van der Waals surface area contributed by atoms with Crippen LogP contribution in [0.25, 0.3) is 0 Å². The van der Waals surface area contributed by atoms with Crippen molar-refractivity contribution in [3.63, 3.8) is 0 Å². The minimum absolute atomic E-state index is 0.169. The summed E-state index contributed by atoms with van der Waals surface area (Å²) in [6, 6.07) is -0.169. The third-order valence-electron chi connectivity index (χ3n) is 2.05. The predicted octanol–water partition coefficient (Wildman–Crippen LogP) is 1.09. The molecule has 0 unspecified atom stereocenters. The van der Waals surface area contributed by atoms with Crippen molar-refractivity contribution in [2.24, 2.45) is 11.7 Å². The Kier molecular flexibility index (Phi) is 2.44. The van der Waals surface area contributed by atoms with Gasteiger partial charge in [0, 0.05) is 6.42 Å². The van der Waals surface area contributed by atoms with E-state index in [0.29, 0.717) is 6.42 Å². The zero-order chi connectivity index (χ0) is 7.56. The highest BCUT2D eigenvalue weighted by Gasteiger charge is 2.25. The summed E-state index contributed by atoms with van der Waals surface area (Å²) in [6.07, 6.45) is 4.08. The van der Waals surface area contributed by atoms with Crippen LogP contribution in [0.5, 0.6) is 0 Å². The molecule has 0 heterocycles. The van der Waals surface area contributed by atoms with Crippen LogP contribution in [0.1, 0.15) is 32.6 Å². The fourth-order valence-corrected chi connectivity index (χ4v) is 1.11. The molecule has 0 aliphatic heterocycles. The normalized spacial score (nSPS) is 20.6. The third kappa shape index (κ3) is 2.10. The summed E-state index contributed by atoms with van der Waals surface area (Å²) in [5.41, 5.74) is 5.62. The minimum atomic E-state index is -0.169. The average Bonchev–Trinajstić information content (AvgIpc) is 2.70. The molecular weight excluding hydrogens is 126 g/mol. The Bertz CT molecular complexity index is 129. The fourth-order valence-electron chi connectivity index (χ4n) is 1.11. The van der Waals surface area contributed by atoms with Gasteiger partial charge in [0.2, 0.25) is 0 Å². The molecule has 0 aromatic heterocycles. The molecule has 1 atom stereocenters. The van der Waals surface area contributed by atoms with Crippen molar-refractivity contribution in [2.75, 3.05) is 0 Å². The molecular formula is C8H15NO. The van der Waals surface area contributed by atoms with Crippen LogP contribution in [-0.2, 0) is 4.79 Å². The molecule has 1 rings (SSSR count). The highest BCUT2D eigenvalue weighted by molar-refractivity contribution is 5.83. The molecule has 2 N–H and O–H groups in total. The molecule has 0 spiro atoms. The lowest BCUT2D eigenvalue weighted by molar-refractivity contribution is -0.120. The van der Waals surface area contributed by atoms with Gasteiger partial charge in [-0.1, -0.05) is 19.8 Å². The summed E-state index contributed by atoms with van der Waals surface area (Å²) in [7, 11) is 0. The second-order valence-electron chi connectivity index (χ2n) is 3.11. The van der Waals surface area contributed by atoms with Crippen LogP contribution in [0.3, 0.4) is 0 Å². The van der Waals surface area contributed by atoms with E-state index in [9.17, 15) is 4.79 Å². The van der Waals surface area contributed by atoms with Crippen molar-refractivity contribution >= 4 is 5.78 Å². The van der Waals surface area contributed by atoms with E-state index in [4.69, 9.17) is 5.73 Å². The number of ketones is 1. The molecule has 10 heavy (non-hydrogen) atoms. The molecule has 1 saturated carbocycles. The summed E-state index contributed by atoms with van der Waals surface area (Å²) < 4.78 is 0. The molecule has 0 radical (unpaired) electrons. The number of carbonyl (C=O) groups excluding carboxylic acids is 1. The minimum Gasteiger partial charge on any atom is -0.322 e. The monoisotopic (exact) mass is 141 g/mol. The van der Waals surface area contributed by atoms with Crippen molar-refractivity contribution in [1.82, 2.24) is 0 Å². The Labute approximate surface area is 61.8 Å². The van der Waals surface area contributed by atoms with Gasteiger partial charge in [-0.3, -0.25) is 4.79 Å². The van der Waals surface area contributed by atoms with Crippen molar-refractivity contribution in [3.05, 3.63) is 0 Å². The zero-order valence-corrected chi connectivity index (χ0v) is 6.47. The zero-order valence-electron chi connectivity index (χ0n) is 6.47. The first-order chi connectivity index (χ1) is 4.74. The van der Waals surface area contributed by atoms with Crippen LogP contribution in [-0.4, -0.2) is 11.8 Å². The van der Waals surface area contributed by atoms with Crippen molar-refractivity contribution in [3.8, 4) is 0 Å². The number of carbonyl (C=O) groups is 1. The summed E-state index contributed by atoms with van der Waals surface area (Å²) in [5.74, 6) is 0.984. The second kappa shape index (κ2) is 3.15. The van der Waals surface area contributed by atoms with E-state index in [2.05, 4.69) is 0 Å². The highest BCUT2D eigenvalue weighted by atomic mass is 16.1. The Balaban J connectivity index is 2.18. The molecule has 0 saturated heterocycles. The number of Topliss-reactive ketones (excluding diaryl/α,β-unsaturated/α-hetero) is 1. The quantitative estimate of drug-likeness (QED) is 0.637. The van der Waals surface area contributed by atoms with E-state index in [-0.39, 0.29) is 11.8 Å². The lowest BCUT2D eigenvalue weighted by Crippen LogP contribution is -2.30. The van der Waals surface area contributed by atoms with E-state index in [1.807, 2.05) is 6.92 Å². The van der Waals surface area contributed by atoms with Gasteiger partial charge in [0.15, 0.2) is 0 Å². The van der Waals surface area contributed by atoms with Crippen molar-refractivity contribution in [2.45, 2.75) is 38.6 Å². The lowest BCUT2D eigenvalue weighted by atomic mass is 10.1. The highest BCUT2D eigenvalue weighted by Crippen LogP contribution is 2.33. The van der Waals surface area contributed by atoms with E-state index >= 15 is 0 Å². The molecule has 2 heteroatoms. The van der Waals surface area contributed by atoms with E-state index in [0.717, 1.165) is 12.3 Å². The first-order valence-corrected chi connectivity index (χ1v) is 4.02. The number of hydrogen-bond acceptors (Lipinski definition) is 2. The van der Waals surface area contributed by atoms with Crippen LogP contribution in [0, 0.1) is 5.92 Å². The van der Waals surface area contributed by atoms with Crippen molar-refractivity contribution < 1.29 is 4.79 Å². The molecule has 2 nitrogen and oxygen atoms in total. The van der Waals surface area contributed by atoms with E-state index in [1.54, 1.807) is 0 Å². The molecule has 58 valence electrons. The summed E-state index contributed by atoms with van der Waals surface area (Å²) in [4.78, 5) is 11.0. The first-order valence-electron chi connectivity index (χ1n) is 4.02. The van der Waals surface area contributed by atoms with Crippen LogP contribution >= 0.6 is 0 Å². The Morgan fingerprint density at radius 3 is 2.70 bits per heavy atom. The fraction of sp³-hybridized carbons (Fsp3) is 0.875. The number of rotatable bonds is 4. The molecule has 0 aromatic carbocycles. The standard InChI is InChI=1S/C8H15NO/c1-2-8(10)7(9)5-6-3-4-6/h6-7H,2-5,9H2,1H3/t7-/m0/s1. The van der Waals surface area contributed by atoms with Crippen LogP contribution < -0.4 is 5.73 Å². The van der Waals surface area contributed by atoms with Crippen LogP contribution in [0.15, 0.2) is 0 Å². The lowest BCUT2D eigenvalue weighted by Gasteiger charge is -2.06. The number of hydrogen-bond donors (Lipinski definition) is 1. The molecule has 1 fully saturated rings. The largest absolute Gasteiger partial charge is 0.322 e. The third-order valence-corrected chi connectivity index (χ3v) is 2.05. The van der Waals surface area contributed by atoms with Gasteiger partial charge in [0.1, 0.15) is 5.78 Å². The Hall–Kier alpha value is -0.370. The molecule has 0 aromatic rings. The summed E-state index contributed by atoms with van der Waals surface area (Å²) >= 11 is 0. The topological polar surface area (TPSA) is 43.1 Å². The maximum absolute atomic E-state index is 11.0. The van der Waals surface area contributed by atoms with E-state index in [1.165, 1.54) is 12.8 Å². The van der Waals surface area contributed by atoms with Gasteiger partial charge >= 0.3 is 0 Å². The molecule has 1 aliphatic carbocycles. The van der Waals surface area contributed by atoms with Gasteiger partial charge in [0.25, 0.3) is 0 Å². The average molecular weight is 141 g/mol. The maximum Gasteiger partial charge on any atom is 0.149 e. The summed E-state index contributed by atoms with van der Waals surface area (Å²) in [6.45, 7) is 1.87. The Morgan fingerprint density at radius 2 is 2.30 bits per heavy atom. The smallest absolute Gasteiger partial charge is 0.149 e. The van der Waals surface area contributed by atoms with Crippen LogP contribution in [0.2, 0.25) is 0 Å². The first kappa shape index (κ1) is 7.73. The van der Waals surface area contributed by atoms with Crippen LogP contribution in [0.4, 0.5) is 0 Å². The second-order valence-corrected chi connectivity index (χ2v) is 3.11. The maximum atomic E-state index is 11.0. The Morgan fingerprint density at radius 1 is 1.70 bits per heavy atom. The summed E-state index contributed by atoms with van der Waals surface area (Å²) in [5, 5.41) is 0. The van der Waals surface area contributed by atoms with Gasteiger partial charge in [0.05, 0.1) is 6.04 Å². The molecule has 0 amide bonds.